The number of rotatable bonds is 5. The molecule has 6 heteroatoms. The van der Waals surface area contributed by atoms with Crippen LogP contribution >= 0.6 is 11.6 Å². The predicted molar refractivity (Wildman–Crippen MR) is 91.1 cm³/mol. The van der Waals surface area contributed by atoms with Gasteiger partial charge >= 0.3 is 0 Å². The van der Waals surface area contributed by atoms with Crippen molar-refractivity contribution in [2.24, 2.45) is 17.8 Å². The Morgan fingerprint density at radius 1 is 1.20 bits per heavy atom. The van der Waals surface area contributed by atoms with Crippen molar-refractivity contribution >= 4 is 23.8 Å². The van der Waals surface area contributed by atoms with Crippen LogP contribution in [0.4, 0.5) is 8.78 Å². The van der Waals surface area contributed by atoms with Crippen LogP contribution in [0.15, 0.2) is 12.1 Å². The van der Waals surface area contributed by atoms with Gasteiger partial charge < -0.3 is 10.1 Å². The van der Waals surface area contributed by atoms with E-state index in [9.17, 15) is 18.4 Å². The second-order valence-electron chi connectivity index (χ2n) is 7.19. The van der Waals surface area contributed by atoms with E-state index in [0.29, 0.717) is 19.3 Å². The van der Waals surface area contributed by atoms with Crippen LogP contribution in [0.3, 0.4) is 0 Å². The van der Waals surface area contributed by atoms with Crippen molar-refractivity contribution in [2.75, 3.05) is 0 Å². The van der Waals surface area contributed by atoms with Crippen LogP contribution in [0.2, 0.25) is 5.02 Å². The van der Waals surface area contributed by atoms with Gasteiger partial charge in [0.25, 0.3) is 0 Å². The second kappa shape index (κ2) is 7.81. The highest BCUT2D eigenvalue weighted by atomic mass is 35.5. The third-order valence-electron chi connectivity index (χ3n) is 5.60. The number of hydrogen-bond donors (Lipinski definition) is 1. The molecular formula is C19H22ClF2NO2. The fraction of sp³-hybridized carbons (Fsp3) is 0.579. The van der Waals surface area contributed by atoms with Gasteiger partial charge in [0.1, 0.15) is 17.9 Å². The van der Waals surface area contributed by atoms with Gasteiger partial charge in [0.15, 0.2) is 0 Å². The number of nitrogens with one attached hydrogen (secondary N) is 1. The molecule has 3 unspecified atom stereocenters. The zero-order valence-corrected chi connectivity index (χ0v) is 14.7. The van der Waals surface area contributed by atoms with Gasteiger partial charge in [-0.2, -0.15) is 0 Å². The van der Waals surface area contributed by atoms with Gasteiger partial charge in [-0.05, 0) is 50.2 Å². The van der Waals surface area contributed by atoms with E-state index in [1.807, 2.05) is 0 Å². The highest BCUT2D eigenvalue weighted by Gasteiger charge is 2.36. The molecule has 1 amide bonds. The Morgan fingerprint density at radius 3 is 2.56 bits per heavy atom. The normalized spacial score (nSPS) is 25.1. The van der Waals surface area contributed by atoms with Gasteiger partial charge in [-0.15, -0.1) is 0 Å². The SMILES string of the molecule is O=CC1CCC(C(=O)NC(c2c(F)ccc(Cl)c2F)C2CCCC2)C1. The topological polar surface area (TPSA) is 46.2 Å². The summed E-state index contributed by atoms with van der Waals surface area (Å²) in [6.45, 7) is 0. The quantitative estimate of drug-likeness (QED) is 0.610. The van der Waals surface area contributed by atoms with Crippen LogP contribution in [0.25, 0.3) is 0 Å². The fourth-order valence-corrected chi connectivity index (χ4v) is 4.36. The molecule has 1 aromatic carbocycles. The van der Waals surface area contributed by atoms with Gasteiger partial charge in [0.2, 0.25) is 5.91 Å². The van der Waals surface area contributed by atoms with Crippen molar-refractivity contribution < 1.29 is 18.4 Å². The van der Waals surface area contributed by atoms with Crippen LogP contribution < -0.4 is 5.32 Å². The van der Waals surface area contributed by atoms with E-state index in [0.717, 1.165) is 38.0 Å². The summed E-state index contributed by atoms with van der Waals surface area (Å²) in [6, 6.07) is 1.62. The molecule has 0 radical (unpaired) electrons. The van der Waals surface area contributed by atoms with Crippen molar-refractivity contribution in [1.29, 1.82) is 0 Å². The van der Waals surface area contributed by atoms with Gasteiger partial charge in [0.05, 0.1) is 11.1 Å². The molecule has 0 bridgehead atoms. The van der Waals surface area contributed by atoms with Gasteiger partial charge in [-0.25, -0.2) is 8.78 Å². The summed E-state index contributed by atoms with van der Waals surface area (Å²) in [5.74, 6) is -2.08. The lowest BCUT2D eigenvalue weighted by molar-refractivity contribution is -0.126. The second-order valence-corrected chi connectivity index (χ2v) is 7.60. The van der Waals surface area contributed by atoms with E-state index in [2.05, 4.69) is 5.32 Å². The lowest BCUT2D eigenvalue weighted by Crippen LogP contribution is -2.37. The maximum atomic E-state index is 14.5. The average Bonchev–Trinajstić information content (AvgIpc) is 3.28. The van der Waals surface area contributed by atoms with Gasteiger partial charge in [0, 0.05) is 17.4 Å². The fourth-order valence-electron chi connectivity index (χ4n) is 4.19. The molecule has 2 aliphatic rings. The Balaban J connectivity index is 1.85. The highest BCUT2D eigenvalue weighted by Crippen LogP contribution is 2.40. The molecule has 2 fully saturated rings. The Labute approximate surface area is 151 Å². The third-order valence-corrected chi connectivity index (χ3v) is 5.89. The molecule has 0 aromatic heterocycles. The predicted octanol–water partition coefficient (Wildman–Crippen LogP) is 4.58. The molecule has 0 spiro atoms. The summed E-state index contributed by atoms with van der Waals surface area (Å²) in [6.07, 6.45) is 6.32. The zero-order chi connectivity index (χ0) is 18.0. The van der Waals surface area contributed by atoms with Crippen molar-refractivity contribution in [3.63, 3.8) is 0 Å². The Hall–Kier alpha value is -1.49. The Morgan fingerprint density at radius 2 is 1.92 bits per heavy atom. The van der Waals surface area contributed by atoms with E-state index in [1.165, 1.54) is 6.07 Å². The third kappa shape index (κ3) is 3.86. The molecule has 3 nitrogen and oxygen atoms in total. The molecule has 3 rings (SSSR count). The summed E-state index contributed by atoms with van der Waals surface area (Å²) in [4.78, 5) is 23.6. The minimum Gasteiger partial charge on any atom is -0.349 e. The van der Waals surface area contributed by atoms with E-state index in [4.69, 9.17) is 11.6 Å². The standard InChI is InChI=1S/C19H22ClF2NO2/c20-14-7-8-15(21)16(17(14)22)18(12-3-1-2-4-12)23-19(25)13-6-5-11(9-13)10-24/h7-8,10-13,18H,1-6,9H2,(H,23,25). The lowest BCUT2D eigenvalue weighted by atomic mass is 9.90. The molecule has 136 valence electrons. The summed E-state index contributed by atoms with van der Waals surface area (Å²) < 4.78 is 28.9. The smallest absolute Gasteiger partial charge is 0.223 e. The number of amides is 1. The Bertz CT molecular complexity index is 661. The summed E-state index contributed by atoms with van der Waals surface area (Å²) in [5, 5.41) is 2.73. The van der Waals surface area contributed by atoms with E-state index in [-0.39, 0.29) is 34.2 Å². The van der Waals surface area contributed by atoms with Crippen molar-refractivity contribution in [3.8, 4) is 0 Å². The molecule has 25 heavy (non-hydrogen) atoms. The maximum Gasteiger partial charge on any atom is 0.223 e. The number of hydrogen-bond acceptors (Lipinski definition) is 2. The maximum absolute atomic E-state index is 14.5. The van der Waals surface area contributed by atoms with Crippen LogP contribution in [-0.2, 0) is 9.59 Å². The number of carbonyl (C=O) groups is 2. The summed E-state index contributed by atoms with van der Waals surface area (Å²) in [7, 11) is 0. The first-order chi connectivity index (χ1) is 12.0. The minimum absolute atomic E-state index is 0.00492. The van der Waals surface area contributed by atoms with E-state index < -0.39 is 17.7 Å². The molecule has 1 aromatic rings. The average molecular weight is 370 g/mol. The monoisotopic (exact) mass is 369 g/mol. The van der Waals surface area contributed by atoms with Crippen LogP contribution in [0.1, 0.15) is 56.6 Å². The van der Waals surface area contributed by atoms with E-state index >= 15 is 0 Å². The first kappa shape index (κ1) is 18.3. The molecule has 2 aliphatic carbocycles. The van der Waals surface area contributed by atoms with Crippen molar-refractivity contribution in [3.05, 3.63) is 34.4 Å². The minimum atomic E-state index is -0.795. The Kier molecular flexibility index (Phi) is 5.72. The van der Waals surface area contributed by atoms with Crippen molar-refractivity contribution in [2.45, 2.75) is 51.0 Å². The van der Waals surface area contributed by atoms with Gasteiger partial charge in [-0.1, -0.05) is 24.4 Å². The molecular weight excluding hydrogens is 348 g/mol. The van der Waals surface area contributed by atoms with E-state index in [1.54, 1.807) is 0 Å². The number of halogens is 3. The van der Waals surface area contributed by atoms with Gasteiger partial charge in [-0.3, -0.25) is 4.79 Å². The molecule has 0 aliphatic heterocycles. The van der Waals surface area contributed by atoms with Crippen molar-refractivity contribution in [1.82, 2.24) is 5.32 Å². The molecule has 0 heterocycles. The van der Waals surface area contributed by atoms with Crippen LogP contribution in [0.5, 0.6) is 0 Å². The zero-order valence-electron chi connectivity index (χ0n) is 13.9. The largest absolute Gasteiger partial charge is 0.349 e. The first-order valence-corrected chi connectivity index (χ1v) is 9.28. The molecule has 2 saturated carbocycles. The van der Waals surface area contributed by atoms with Crippen LogP contribution in [0, 0.1) is 29.4 Å². The first-order valence-electron chi connectivity index (χ1n) is 8.90. The number of aldehydes is 1. The molecule has 3 atom stereocenters. The summed E-state index contributed by atoms with van der Waals surface area (Å²) >= 11 is 5.84. The van der Waals surface area contributed by atoms with Crippen LogP contribution in [-0.4, -0.2) is 12.2 Å². The summed E-state index contributed by atoms with van der Waals surface area (Å²) in [5.41, 5.74) is -0.141. The molecule has 1 N–H and O–H groups in total. The number of carbonyl (C=O) groups excluding carboxylic acids is 2. The lowest BCUT2D eigenvalue weighted by Gasteiger charge is -2.27. The highest BCUT2D eigenvalue weighted by molar-refractivity contribution is 6.30. The molecule has 0 saturated heterocycles. The number of benzene rings is 1.